The summed E-state index contributed by atoms with van der Waals surface area (Å²) in [6.45, 7) is 11.8. The van der Waals surface area contributed by atoms with Crippen molar-refractivity contribution in [3.8, 4) is 0 Å². The molecule has 1 aliphatic heterocycles. The lowest BCUT2D eigenvalue weighted by Crippen LogP contribution is -2.41. The van der Waals surface area contributed by atoms with Gasteiger partial charge in [0.2, 0.25) is 0 Å². The minimum atomic E-state index is -3.75. The van der Waals surface area contributed by atoms with Gasteiger partial charge in [0.25, 0.3) is 20.0 Å². The number of hydrogen-bond acceptors (Lipinski definition) is 8. The predicted octanol–water partition coefficient (Wildman–Crippen LogP) is 7.50. The number of aromatic nitrogens is 4. The summed E-state index contributed by atoms with van der Waals surface area (Å²) in [4.78, 5) is 8.97. The van der Waals surface area contributed by atoms with Gasteiger partial charge in [0.1, 0.15) is 0 Å². The van der Waals surface area contributed by atoms with Crippen molar-refractivity contribution >= 4 is 70.6 Å². The molecule has 0 amide bonds. The van der Waals surface area contributed by atoms with Crippen LogP contribution in [0.1, 0.15) is 53.7 Å². The topological polar surface area (TPSA) is 122 Å². The summed E-state index contributed by atoms with van der Waals surface area (Å²) in [5, 5.41) is 1.46. The van der Waals surface area contributed by atoms with Crippen molar-refractivity contribution in [1.82, 2.24) is 17.9 Å². The first-order chi connectivity index (χ1) is 22.5. The number of rotatable bonds is 5. The van der Waals surface area contributed by atoms with Crippen LogP contribution in [0.4, 0.5) is 0 Å². The maximum Gasteiger partial charge on any atom is 0.495 e. The normalized spacial score (nSPS) is 15.2. The zero-order chi connectivity index (χ0) is 34.6. The number of aryl methyl sites for hydroxylation is 2. The van der Waals surface area contributed by atoms with Crippen LogP contribution in [0, 0.1) is 13.8 Å². The van der Waals surface area contributed by atoms with E-state index in [4.69, 9.17) is 9.31 Å². The zero-order valence-electron chi connectivity index (χ0n) is 27.2. The van der Waals surface area contributed by atoms with E-state index >= 15 is 0 Å². The second-order valence-corrected chi connectivity index (χ2v) is 17.1. The van der Waals surface area contributed by atoms with Gasteiger partial charge in [-0.3, -0.25) is 0 Å². The van der Waals surface area contributed by atoms with E-state index in [9.17, 15) is 16.8 Å². The Bertz CT molecular complexity index is 2360. The molecule has 264 valence electrons. The van der Waals surface area contributed by atoms with Gasteiger partial charge in [-0.1, -0.05) is 50.2 Å². The molecule has 50 heavy (non-hydrogen) atoms. The summed E-state index contributed by atoms with van der Waals surface area (Å²) in [7, 11) is -7.96. The Morgan fingerprint density at radius 1 is 0.620 bits per heavy atom. The third-order valence-electron chi connectivity index (χ3n) is 8.75. The molecule has 10 nitrogen and oxygen atoms in total. The minimum absolute atomic E-state index is 0. The maximum absolute atomic E-state index is 13.1. The molecule has 0 bridgehead atoms. The van der Waals surface area contributed by atoms with Crippen LogP contribution in [-0.4, -0.2) is 53.1 Å². The third kappa shape index (κ3) is 6.91. The number of fused-ring (bicyclic) bond motifs is 2. The number of pyridine rings is 2. The van der Waals surface area contributed by atoms with E-state index in [0.29, 0.717) is 16.7 Å². The molecular weight excluding hydrogens is 739 g/mol. The second kappa shape index (κ2) is 14.1. The molecule has 6 aromatic rings. The molecule has 1 aliphatic rings. The van der Waals surface area contributed by atoms with Crippen molar-refractivity contribution < 1.29 is 26.1 Å². The highest BCUT2D eigenvalue weighted by Gasteiger charge is 2.52. The van der Waals surface area contributed by atoms with Crippen molar-refractivity contribution in [2.75, 3.05) is 0 Å². The van der Waals surface area contributed by atoms with Crippen molar-refractivity contribution in [3.05, 3.63) is 113 Å². The van der Waals surface area contributed by atoms with Gasteiger partial charge in [-0.2, -0.15) is 0 Å². The van der Waals surface area contributed by atoms with E-state index in [-0.39, 0.29) is 24.6 Å². The number of nitrogens with zero attached hydrogens (tertiary/aromatic N) is 4. The molecule has 14 heteroatoms. The molecule has 0 radical (unpaired) electrons. The highest BCUT2D eigenvalue weighted by atomic mass is 79.9. The zero-order valence-corrected chi connectivity index (χ0v) is 30.5. The van der Waals surface area contributed by atoms with Crippen LogP contribution >= 0.6 is 15.9 Å². The fourth-order valence-electron chi connectivity index (χ4n) is 5.23. The smallest absolute Gasteiger partial charge is 0.399 e. The van der Waals surface area contributed by atoms with Crippen LogP contribution in [0.2, 0.25) is 0 Å². The third-order valence-corrected chi connectivity index (χ3v) is 12.8. The molecular formula is C36H42BBrN4O6S2. The summed E-state index contributed by atoms with van der Waals surface area (Å²) < 4.78 is 67.0. The lowest BCUT2D eigenvalue weighted by atomic mass is 9.78. The second-order valence-electron chi connectivity index (χ2n) is 12.6. The van der Waals surface area contributed by atoms with E-state index in [1.54, 1.807) is 79.1 Å². The first-order valence-corrected chi connectivity index (χ1v) is 18.8. The Balaban J connectivity index is 0.000000227. The van der Waals surface area contributed by atoms with Gasteiger partial charge in [-0.05, 0) is 111 Å². The summed E-state index contributed by atoms with van der Waals surface area (Å²) in [6.07, 6.45) is 6.22. The van der Waals surface area contributed by atoms with Crippen molar-refractivity contribution in [3.63, 3.8) is 0 Å². The minimum Gasteiger partial charge on any atom is -0.399 e. The Kier molecular flexibility index (Phi) is 11.0. The fourth-order valence-corrected chi connectivity index (χ4v) is 8.26. The van der Waals surface area contributed by atoms with Crippen LogP contribution in [0.15, 0.2) is 112 Å². The molecule has 2 aromatic carbocycles. The number of hydrogen-bond donors (Lipinski definition) is 0. The van der Waals surface area contributed by atoms with Gasteiger partial charge in [0.15, 0.2) is 11.3 Å². The van der Waals surface area contributed by atoms with Gasteiger partial charge in [0.05, 0.1) is 21.0 Å². The van der Waals surface area contributed by atoms with Crippen LogP contribution < -0.4 is 5.46 Å². The SMILES string of the molecule is C.C.Cc1ccc(S(=O)(=O)n2ccc3c(B4OC(C)(C)C(C)(C)O4)ccnc32)cc1.Cc1ccc(S(=O)(=O)n2ccc3c(Br)ccnc32)cc1. The maximum atomic E-state index is 13.1. The monoisotopic (exact) mass is 780 g/mol. The van der Waals surface area contributed by atoms with Crippen LogP contribution in [0.25, 0.3) is 22.1 Å². The Labute approximate surface area is 303 Å². The van der Waals surface area contributed by atoms with Gasteiger partial charge in [-0.15, -0.1) is 0 Å². The highest BCUT2D eigenvalue weighted by Crippen LogP contribution is 2.37. The molecule has 0 spiro atoms. The van der Waals surface area contributed by atoms with E-state index < -0.39 is 38.4 Å². The Morgan fingerprint density at radius 3 is 1.48 bits per heavy atom. The molecule has 4 aromatic heterocycles. The standard InChI is InChI=1S/C20H23BN2O4S.C14H11BrN2O2S.2CH4/c1-14-6-8-15(9-7-14)28(24,25)23-13-11-16-17(10-12-22-18(16)23)21-26-19(2,3)20(4,5)27-21;1-10-2-4-11(5-3-10)20(18,19)17-9-7-12-13(15)6-8-16-14(12)17;;/h6-13H,1-5H3;2-9H,1H3;2*1H4. The van der Waals surface area contributed by atoms with Gasteiger partial charge < -0.3 is 9.31 Å². The highest BCUT2D eigenvalue weighted by molar-refractivity contribution is 9.10. The van der Waals surface area contributed by atoms with Gasteiger partial charge >= 0.3 is 7.12 Å². The summed E-state index contributed by atoms with van der Waals surface area (Å²) in [5.74, 6) is 0. The lowest BCUT2D eigenvalue weighted by molar-refractivity contribution is 0.00578. The first kappa shape index (κ1) is 39.0. The molecule has 0 aliphatic carbocycles. The molecule has 0 N–H and O–H groups in total. The van der Waals surface area contributed by atoms with Crippen LogP contribution in [0.5, 0.6) is 0 Å². The largest absolute Gasteiger partial charge is 0.495 e. The molecule has 5 heterocycles. The van der Waals surface area contributed by atoms with E-state index in [1.807, 2.05) is 47.6 Å². The lowest BCUT2D eigenvalue weighted by Gasteiger charge is -2.32. The quantitative estimate of drug-likeness (QED) is 0.165. The average molecular weight is 782 g/mol. The summed E-state index contributed by atoms with van der Waals surface area (Å²) in [6, 6.07) is 20.6. The average Bonchev–Trinajstić information content (AvgIpc) is 3.73. The van der Waals surface area contributed by atoms with Crippen molar-refractivity contribution in [1.29, 1.82) is 0 Å². The van der Waals surface area contributed by atoms with E-state index in [1.165, 1.54) is 20.3 Å². The van der Waals surface area contributed by atoms with E-state index in [2.05, 4.69) is 25.9 Å². The summed E-state index contributed by atoms with van der Waals surface area (Å²) >= 11 is 3.39. The van der Waals surface area contributed by atoms with Crippen LogP contribution in [-0.2, 0) is 29.4 Å². The number of halogens is 1. The molecule has 1 fully saturated rings. The predicted molar refractivity (Wildman–Crippen MR) is 204 cm³/mol. The van der Waals surface area contributed by atoms with Crippen molar-refractivity contribution in [2.45, 2.75) is 77.4 Å². The summed E-state index contributed by atoms with van der Waals surface area (Å²) in [5.41, 5.74) is 2.59. The molecule has 0 unspecified atom stereocenters. The Morgan fingerprint density at radius 2 is 1.02 bits per heavy atom. The fraction of sp³-hybridized carbons (Fsp3) is 0.278. The van der Waals surface area contributed by atoms with Crippen LogP contribution in [0.3, 0.4) is 0 Å². The number of benzene rings is 2. The Hall–Kier alpha value is -3.82. The molecule has 0 atom stereocenters. The molecule has 0 saturated carbocycles. The van der Waals surface area contributed by atoms with Crippen molar-refractivity contribution in [2.24, 2.45) is 0 Å². The molecule has 7 rings (SSSR count). The molecule has 1 saturated heterocycles. The van der Waals surface area contributed by atoms with Gasteiger partial charge in [-0.25, -0.2) is 34.7 Å². The van der Waals surface area contributed by atoms with Gasteiger partial charge in [0, 0.05) is 40.0 Å². The van der Waals surface area contributed by atoms with E-state index in [0.717, 1.165) is 26.4 Å². The first-order valence-electron chi connectivity index (χ1n) is 15.1.